The molecule has 1 aliphatic rings. The minimum absolute atomic E-state index is 0.101. The summed E-state index contributed by atoms with van der Waals surface area (Å²) in [5.41, 5.74) is 1.62. The van der Waals surface area contributed by atoms with Crippen molar-refractivity contribution in [2.24, 2.45) is 0 Å². The minimum atomic E-state index is -0.476. The first-order chi connectivity index (χ1) is 7.71. The van der Waals surface area contributed by atoms with Gasteiger partial charge < -0.3 is 10.1 Å². The Hall–Kier alpha value is -1.09. The molecule has 16 heavy (non-hydrogen) atoms. The highest BCUT2D eigenvalue weighted by Crippen LogP contribution is 2.36. The van der Waals surface area contributed by atoms with E-state index in [2.05, 4.69) is 12.2 Å². The Labute approximate surface area is 95.8 Å². The molecule has 1 aliphatic heterocycles. The smallest absolute Gasteiger partial charge is 0.125 e. The Balaban J connectivity index is 2.47. The number of rotatable bonds is 3. The fourth-order valence-corrected chi connectivity index (χ4v) is 2.54. The van der Waals surface area contributed by atoms with Gasteiger partial charge in [0.05, 0.1) is 7.11 Å². The van der Waals surface area contributed by atoms with Gasteiger partial charge in [0, 0.05) is 11.1 Å². The summed E-state index contributed by atoms with van der Waals surface area (Å²) >= 11 is 0. The van der Waals surface area contributed by atoms with Crippen molar-refractivity contribution in [3.05, 3.63) is 29.3 Å². The van der Waals surface area contributed by atoms with Crippen LogP contribution in [0.5, 0.6) is 5.75 Å². The van der Waals surface area contributed by atoms with Crippen LogP contribution >= 0.6 is 0 Å². The lowest BCUT2D eigenvalue weighted by Gasteiger charge is -2.28. The van der Waals surface area contributed by atoms with Gasteiger partial charge in [-0.05, 0) is 37.9 Å². The number of hydrogen-bond acceptors (Lipinski definition) is 2. The topological polar surface area (TPSA) is 21.3 Å². The van der Waals surface area contributed by atoms with Crippen LogP contribution in [0.15, 0.2) is 18.2 Å². The highest BCUT2D eigenvalue weighted by Gasteiger charge is 2.32. The van der Waals surface area contributed by atoms with Crippen molar-refractivity contribution in [3.8, 4) is 5.75 Å². The highest BCUT2D eigenvalue weighted by molar-refractivity contribution is 5.43. The van der Waals surface area contributed by atoms with Gasteiger partial charge in [-0.25, -0.2) is 4.39 Å². The largest absolute Gasteiger partial charge is 0.496 e. The second kappa shape index (κ2) is 4.42. The SMILES string of the molecule is COc1cccc(C2(C)CCCN2)c1CF. The molecule has 0 aliphatic carbocycles. The van der Waals surface area contributed by atoms with Crippen LogP contribution in [0.2, 0.25) is 0 Å². The van der Waals surface area contributed by atoms with Crippen LogP contribution in [0, 0.1) is 0 Å². The Morgan fingerprint density at radius 3 is 2.88 bits per heavy atom. The van der Waals surface area contributed by atoms with Crippen LogP contribution in [0.25, 0.3) is 0 Å². The molecule has 0 radical (unpaired) electrons. The number of ether oxygens (including phenoxy) is 1. The Kier molecular flexibility index (Phi) is 3.15. The third kappa shape index (κ3) is 1.80. The molecule has 1 heterocycles. The predicted molar refractivity (Wildman–Crippen MR) is 62.4 cm³/mol. The van der Waals surface area contributed by atoms with Gasteiger partial charge in [0.15, 0.2) is 0 Å². The third-order valence-corrected chi connectivity index (χ3v) is 3.45. The first kappa shape index (κ1) is 11.4. The van der Waals surface area contributed by atoms with Crippen LogP contribution in [0.1, 0.15) is 30.9 Å². The number of halogens is 1. The molecule has 1 atom stereocenters. The average Bonchev–Trinajstić information content (AvgIpc) is 2.76. The van der Waals surface area contributed by atoms with E-state index in [1.165, 1.54) is 0 Å². The molecule has 0 saturated carbocycles. The number of benzene rings is 1. The highest BCUT2D eigenvalue weighted by atomic mass is 19.1. The summed E-state index contributed by atoms with van der Waals surface area (Å²) in [4.78, 5) is 0. The number of nitrogens with one attached hydrogen (secondary N) is 1. The van der Waals surface area contributed by atoms with Crippen molar-refractivity contribution in [2.75, 3.05) is 13.7 Å². The maximum atomic E-state index is 13.1. The summed E-state index contributed by atoms with van der Waals surface area (Å²) in [6, 6.07) is 5.74. The fourth-order valence-electron chi connectivity index (χ4n) is 2.54. The molecule has 3 heteroatoms. The van der Waals surface area contributed by atoms with Gasteiger partial charge in [0.1, 0.15) is 12.4 Å². The van der Waals surface area contributed by atoms with E-state index in [0.29, 0.717) is 11.3 Å². The lowest BCUT2D eigenvalue weighted by molar-refractivity contribution is 0.376. The molecule has 1 aromatic rings. The molecule has 0 aromatic heterocycles. The van der Waals surface area contributed by atoms with Gasteiger partial charge in [-0.2, -0.15) is 0 Å². The van der Waals surface area contributed by atoms with Gasteiger partial charge in [-0.15, -0.1) is 0 Å². The molecule has 1 saturated heterocycles. The van der Waals surface area contributed by atoms with Gasteiger partial charge in [0.25, 0.3) is 0 Å². The lowest BCUT2D eigenvalue weighted by atomic mass is 9.87. The van der Waals surface area contributed by atoms with Crippen molar-refractivity contribution in [3.63, 3.8) is 0 Å². The minimum Gasteiger partial charge on any atom is -0.496 e. The van der Waals surface area contributed by atoms with Gasteiger partial charge in [-0.3, -0.25) is 0 Å². The summed E-state index contributed by atoms with van der Waals surface area (Å²) in [6.45, 7) is 2.66. The van der Waals surface area contributed by atoms with E-state index in [0.717, 1.165) is 24.9 Å². The molecule has 2 nitrogen and oxygen atoms in total. The van der Waals surface area contributed by atoms with E-state index in [1.54, 1.807) is 7.11 Å². The summed E-state index contributed by atoms with van der Waals surface area (Å²) in [7, 11) is 1.59. The fraction of sp³-hybridized carbons (Fsp3) is 0.538. The van der Waals surface area contributed by atoms with E-state index in [1.807, 2.05) is 18.2 Å². The average molecular weight is 223 g/mol. The molecule has 88 valence electrons. The van der Waals surface area contributed by atoms with E-state index in [4.69, 9.17) is 4.74 Å². The van der Waals surface area contributed by atoms with E-state index < -0.39 is 6.67 Å². The Morgan fingerprint density at radius 2 is 2.31 bits per heavy atom. The maximum absolute atomic E-state index is 13.1. The van der Waals surface area contributed by atoms with E-state index in [9.17, 15) is 4.39 Å². The molecule has 1 N–H and O–H groups in total. The standard InChI is InChI=1S/C13H18FNO/c1-13(7-4-8-15-13)11-5-3-6-12(16-2)10(11)9-14/h3,5-6,15H,4,7-9H2,1-2H3. The first-order valence-electron chi connectivity index (χ1n) is 5.68. The van der Waals surface area contributed by atoms with Crippen molar-refractivity contribution < 1.29 is 9.13 Å². The first-order valence-corrected chi connectivity index (χ1v) is 5.68. The number of hydrogen-bond donors (Lipinski definition) is 1. The van der Waals surface area contributed by atoms with Crippen molar-refractivity contribution in [2.45, 2.75) is 32.0 Å². The monoisotopic (exact) mass is 223 g/mol. The summed E-state index contributed by atoms with van der Waals surface area (Å²) in [5.74, 6) is 0.648. The normalized spacial score (nSPS) is 24.7. The van der Waals surface area contributed by atoms with Gasteiger partial charge >= 0.3 is 0 Å². The zero-order valence-corrected chi connectivity index (χ0v) is 9.85. The molecular formula is C13H18FNO. The zero-order valence-electron chi connectivity index (χ0n) is 9.85. The van der Waals surface area contributed by atoms with Gasteiger partial charge in [-0.1, -0.05) is 12.1 Å². The van der Waals surface area contributed by atoms with Crippen LogP contribution in [-0.4, -0.2) is 13.7 Å². The molecule has 1 fully saturated rings. The molecule has 1 aromatic carbocycles. The molecule has 1 unspecified atom stereocenters. The molecule has 0 bridgehead atoms. The summed E-state index contributed by atoms with van der Waals surface area (Å²) < 4.78 is 18.4. The lowest BCUT2D eigenvalue weighted by Crippen LogP contribution is -2.34. The maximum Gasteiger partial charge on any atom is 0.125 e. The second-order valence-corrected chi connectivity index (χ2v) is 4.48. The summed E-state index contributed by atoms with van der Waals surface area (Å²) in [6.07, 6.45) is 2.19. The van der Waals surface area contributed by atoms with Gasteiger partial charge in [0.2, 0.25) is 0 Å². The second-order valence-electron chi connectivity index (χ2n) is 4.48. The van der Waals surface area contributed by atoms with Crippen LogP contribution in [-0.2, 0) is 12.2 Å². The molecule has 2 rings (SSSR count). The zero-order chi connectivity index (χ0) is 11.6. The molecular weight excluding hydrogens is 205 g/mol. The van der Waals surface area contributed by atoms with Crippen LogP contribution in [0.3, 0.4) is 0 Å². The van der Waals surface area contributed by atoms with Crippen molar-refractivity contribution in [1.82, 2.24) is 5.32 Å². The Bertz CT molecular complexity index is 372. The predicted octanol–water partition coefficient (Wildman–Crippen LogP) is 2.76. The van der Waals surface area contributed by atoms with Crippen molar-refractivity contribution >= 4 is 0 Å². The third-order valence-electron chi connectivity index (χ3n) is 3.45. The van der Waals surface area contributed by atoms with Crippen molar-refractivity contribution in [1.29, 1.82) is 0 Å². The Morgan fingerprint density at radius 1 is 1.50 bits per heavy atom. The molecule has 0 spiro atoms. The number of alkyl halides is 1. The summed E-state index contributed by atoms with van der Waals surface area (Å²) in [5, 5.41) is 3.45. The number of methoxy groups -OCH3 is 1. The molecule has 0 amide bonds. The van der Waals surface area contributed by atoms with Crippen LogP contribution in [0.4, 0.5) is 4.39 Å². The quantitative estimate of drug-likeness (QED) is 0.850. The van der Waals surface area contributed by atoms with E-state index >= 15 is 0 Å². The van der Waals surface area contributed by atoms with Crippen LogP contribution < -0.4 is 10.1 Å². The van der Waals surface area contributed by atoms with E-state index in [-0.39, 0.29) is 5.54 Å².